The fourth-order valence-corrected chi connectivity index (χ4v) is 5.22. The maximum Gasteiger partial charge on any atom is 0.181 e. The molecule has 0 aliphatic carbocycles. The van der Waals surface area contributed by atoms with Gasteiger partial charge in [0.05, 0.1) is 17.8 Å². The molecule has 3 heterocycles. The Hall–Kier alpha value is -1.78. The summed E-state index contributed by atoms with van der Waals surface area (Å²) in [5.74, 6) is 1.21. The second-order valence-corrected chi connectivity index (χ2v) is 9.42. The van der Waals surface area contributed by atoms with Crippen LogP contribution < -0.4 is 11.0 Å². The van der Waals surface area contributed by atoms with Gasteiger partial charge < -0.3 is 19.1 Å². The Morgan fingerprint density at radius 1 is 1.23 bits per heavy atom. The van der Waals surface area contributed by atoms with Crippen molar-refractivity contribution in [2.75, 3.05) is 18.1 Å². The van der Waals surface area contributed by atoms with Crippen LogP contribution in [0.25, 0.3) is 22.1 Å². The first-order chi connectivity index (χ1) is 10.6. The molecule has 0 aliphatic heterocycles. The molecule has 2 N–H and O–H groups in total. The van der Waals surface area contributed by atoms with E-state index in [2.05, 4.69) is 4.98 Å². The SMILES string of the molecule is CCP(=O)(CC)c1ccoc1-c1nc(N)sc1-c1ccco1. The molecular weight excluding hydrogens is 319 g/mol. The average Bonchev–Trinajstić information content (AvgIpc) is 3.25. The molecule has 0 aromatic carbocycles. The summed E-state index contributed by atoms with van der Waals surface area (Å²) in [6.07, 6.45) is 4.34. The molecule has 0 saturated carbocycles. The molecule has 3 aromatic rings. The number of hydrogen-bond donors (Lipinski definition) is 1. The van der Waals surface area contributed by atoms with Crippen LogP contribution in [0.3, 0.4) is 0 Å². The number of nitrogens with zero attached hydrogens (tertiary/aromatic N) is 1. The number of nitrogen functional groups attached to an aromatic ring is 1. The van der Waals surface area contributed by atoms with Gasteiger partial charge in [0.2, 0.25) is 0 Å². The van der Waals surface area contributed by atoms with Crippen molar-refractivity contribution in [3.8, 4) is 22.1 Å². The molecule has 0 fully saturated rings. The predicted molar refractivity (Wildman–Crippen MR) is 90.3 cm³/mol. The molecule has 0 amide bonds. The van der Waals surface area contributed by atoms with Crippen molar-refractivity contribution < 1.29 is 13.4 Å². The molecule has 0 radical (unpaired) electrons. The van der Waals surface area contributed by atoms with Gasteiger partial charge in [0.15, 0.2) is 10.9 Å². The molecule has 3 aromatic heterocycles. The van der Waals surface area contributed by atoms with E-state index < -0.39 is 7.14 Å². The average molecular weight is 336 g/mol. The predicted octanol–water partition coefficient (Wildman–Crippen LogP) is 4.27. The van der Waals surface area contributed by atoms with Gasteiger partial charge in [0.25, 0.3) is 0 Å². The van der Waals surface area contributed by atoms with Crippen molar-refractivity contribution in [3.05, 3.63) is 30.7 Å². The maximum absolute atomic E-state index is 13.1. The first-order valence-corrected chi connectivity index (χ1v) is 9.95. The number of aromatic nitrogens is 1. The number of furan rings is 2. The van der Waals surface area contributed by atoms with Gasteiger partial charge in [0.1, 0.15) is 23.5 Å². The smallest absolute Gasteiger partial charge is 0.181 e. The molecule has 0 spiro atoms. The minimum Gasteiger partial charge on any atom is -0.463 e. The van der Waals surface area contributed by atoms with E-state index in [1.54, 1.807) is 24.7 Å². The lowest BCUT2D eigenvalue weighted by Gasteiger charge is -2.13. The van der Waals surface area contributed by atoms with Gasteiger partial charge in [-0.2, -0.15) is 0 Å². The van der Waals surface area contributed by atoms with E-state index in [1.807, 2.05) is 19.9 Å². The highest BCUT2D eigenvalue weighted by Gasteiger charge is 2.29. The van der Waals surface area contributed by atoms with Gasteiger partial charge in [-0.1, -0.05) is 25.2 Å². The van der Waals surface area contributed by atoms with Crippen LogP contribution in [0.2, 0.25) is 0 Å². The third-order valence-electron chi connectivity index (χ3n) is 3.71. The normalized spacial score (nSPS) is 11.9. The standard InChI is InChI=1S/C15H17N2O3PS/c1-3-21(18,4-2)11-7-9-20-13(11)12-14(22-15(16)17-12)10-6-5-8-19-10/h5-9H,3-4H2,1-2H3,(H2,16,17). The molecule has 0 unspecified atom stereocenters. The fraction of sp³-hybridized carbons (Fsp3) is 0.267. The lowest BCUT2D eigenvalue weighted by Crippen LogP contribution is -2.09. The zero-order chi connectivity index (χ0) is 15.7. The van der Waals surface area contributed by atoms with Crippen molar-refractivity contribution in [1.29, 1.82) is 0 Å². The highest BCUT2D eigenvalue weighted by atomic mass is 32.1. The molecule has 3 rings (SSSR count). The second-order valence-electron chi connectivity index (χ2n) is 4.86. The third kappa shape index (κ3) is 2.42. The molecule has 22 heavy (non-hydrogen) atoms. The zero-order valence-electron chi connectivity index (χ0n) is 12.4. The number of thiazole rings is 1. The molecule has 116 valence electrons. The summed E-state index contributed by atoms with van der Waals surface area (Å²) in [7, 11) is -2.48. The Morgan fingerprint density at radius 2 is 2.00 bits per heavy atom. The Balaban J connectivity index is 2.19. The number of rotatable bonds is 5. The number of hydrogen-bond acceptors (Lipinski definition) is 6. The monoisotopic (exact) mass is 336 g/mol. The fourth-order valence-electron chi connectivity index (χ4n) is 2.43. The van der Waals surface area contributed by atoms with Gasteiger partial charge in [0, 0.05) is 12.3 Å². The molecule has 0 saturated heterocycles. The van der Waals surface area contributed by atoms with E-state index in [0.717, 1.165) is 10.2 Å². The van der Waals surface area contributed by atoms with Crippen LogP contribution in [0.1, 0.15) is 13.8 Å². The number of anilines is 1. The zero-order valence-corrected chi connectivity index (χ0v) is 14.1. The minimum atomic E-state index is -2.48. The van der Waals surface area contributed by atoms with Crippen LogP contribution in [0.4, 0.5) is 5.13 Å². The van der Waals surface area contributed by atoms with Gasteiger partial charge >= 0.3 is 0 Å². The van der Waals surface area contributed by atoms with Gasteiger partial charge in [-0.25, -0.2) is 4.98 Å². The summed E-state index contributed by atoms with van der Waals surface area (Å²) in [6.45, 7) is 3.87. The van der Waals surface area contributed by atoms with Crippen molar-refractivity contribution in [1.82, 2.24) is 4.98 Å². The van der Waals surface area contributed by atoms with Gasteiger partial charge in [-0.05, 0) is 18.2 Å². The van der Waals surface area contributed by atoms with Crippen LogP contribution >= 0.6 is 18.5 Å². The van der Waals surface area contributed by atoms with Crippen molar-refractivity contribution >= 4 is 28.9 Å². The topological polar surface area (TPSA) is 82.3 Å². The first kappa shape index (κ1) is 15.1. The summed E-state index contributed by atoms with van der Waals surface area (Å²) < 4.78 is 24.2. The lowest BCUT2D eigenvalue weighted by atomic mass is 10.2. The first-order valence-electron chi connectivity index (χ1n) is 7.05. The van der Waals surface area contributed by atoms with E-state index >= 15 is 0 Å². The van der Waals surface area contributed by atoms with E-state index in [0.29, 0.717) is 34.7 Å². The Kier molecular flexibility index (Phi) is 3.98. The van der Waals surface area contributed by atoms with Crippen molar-refractivity contribution in [2.45, 2.75) is 13.8 Å². The molecule has 0 atom stereocenters. The van der Waals surface area contributed by atoms with Gasteiger partial charge in [-0.15, -0.1) is 0 Å². The van der Waals surface area contributed by atoms with Crippen LogP contribution in [0.15, 0.2) is 39.6 Å². The third-order valence-corrected chi connectivity index (χ3v) is 7.88. The van der Waals surface area contributed by atoms with E-state index in [4.69, 9.17) is 14.6 Å². The summed E-state index contributed by atoms with van der Waals surface area (Å²) in [5, 5.41) is 1.15. The maximum atomic E-state index is 13.1. The largest absolute Gasteiger partial charge is 0.463 e. The van der Waals surface area contributed by atoms with E-state index in [1.165, 1.54) is 11.3 Å². The summed E-state index contributed by atoms with van der Waals surface area (Å²) in [4.78, 5) is 5.16. The van der Waals surface area contributed by atoms with Crippen LogP contribution in [0.5, 0.6) is 0 Å². The van der Waals surface area contributed by atoms with Crippen LogP contribution in [-0.2, 0) is 4.57 Å². The van der Waals surface area contributed by atoms with Gasteiger partial charge in [-0.3, -0.25) is 0 Å². The van der Waals surface area contributed by atoms with Crippen LogP contribution in [0, 0.1) is 0 Å². The molecule has 5 nitrogen and oxygen atoms in total. The summed E-state index contributed by atoms with van der Waals surface area (Å²) in [6, 6.07) is 5.43. The highest BCUT2D eigenvalue weighted by Crippen LogP contribution is 2.48. The Labute approximate surface area is 132 Å². The molecule has 0 bridgehead atoms. The minimum absolute atomic E-state index is 0.423. The molecule has 0 aliphatic rings. The summed E-state index contributed by atoms with van der Waals surface area (Å²) >= 11 is 1.33. The summed E-state index contributed by atoms with van der Waals surface area (Å²) in [5.41, 5.74) is 6.47. The highest BCUT2D eigenvalue weighted by molar-refractivity contribution is 7.71. The lowest BCUT2D eigenvalue weighted by molar-refractivity contribution is 0.573. The van der Waals surface area contributed by atoms with Crippen molar-refractivity contribution in [2.24, 2.45) is 0 Å². The van der Waals surface area contributed by atoms with Crippen LogP contribution in [-0.4, -0.2) is 17.3 Å². The van der Waals surface area contributed by atoms with E-state index in [-0.39, 0.29) is 0 Å². The quantitative estimate of drug-likeness (QED) is 0.703. The molecular formula is C15H17N2O3PS. The number of nitrogens with two attached hydrogens (primary N) is 1. The molecule has 7 heteroatoms. The Morgan fingerprint density at radius 3 is 2.64 bits per heavy atom. The second kappa shape index (κ2) is 5.78. The van der Waals surface area contributed by atoms with E-state index in [9.17, 15) is 4.57 Å². The van der Waals surface area contributed by atoms with Crippen molar-refractivity contribution in [3.63, 3.8) is 0 Å². The Bertz CT molecular complexity index is 812.